The van der Waals surface area contributed by atoms with Gasteiger partial charge in [-0.3, -0.25) is 19.2 Å². The van der Waals surface area contributed by atoms with Crippen LogP contribution in [-0.4, -0.2) is 65.3 Å². The lowest BCUT2D eigenvalue weighted by Gasteiger charge is -2.30. The van der Waals surface area contributed by atoms with E-state index in [-0.39, 0.29) is 11.7 Å². The summed E-state index contributed by atoms with van der Waals surface area (Å²) in [7, 11) is 0. The Morgan fingerprint density at radius 2 is 1.46 bits per heavy atom. The number of hydrogen-bond acceptors (Lipinski definition) is 10. The number of fused-ring (bicyclic) bond motifs is 1. The first-order valence-electron chi connectivity index (χ1n) is 14.2. The molecule has 41 heavy (non-hydrogen) atoms. The number of epoxide rings is 1. The number of allylic oxidation sites excluding steroid dienone is 1. The maximum absolute atomic E-state index is 14.3. The van der Waals surface area contributed by atoms with E-state index in [9.17, 15) is 24.0 Å². The molecule has 0 bridgehead atoms. The molecular weight excluding hydrogens is 532 g/mol. The minimum Gasteiger partial charge on any atom is -0.461 e. The Morgan fingerprint density at radius 1 is 0.902 bits per heavy atom. The third-order valence-corrected chi connectivity index (χ3v) is 9.57. The molecule has 10 nitrogen and oxygen atoms in total. The molecule has 1 heterocycles. The second-order valence-corrected chi connectivity index (χ2v) is 12.8. The van der Waals surface area contributed by atoms with Crippen molar-refractivity contribution in [3.05, 3.63) is 23.3 Å². The summed E-state index contributed by atoms with van der Waals surface area (Å²) in [6.07, 6.45) is -0.0199. The highest BCUT2D eigenvalue weighted by Crippen LogP contribution is 2.68. The van der Waals surface area contributed by atoms with Crippen molar-refractivity contribution in [2.45, 2.75) is 111 Å². The molecule has 0 spiro atoms. The van der Waals surface area contributed by atoms with Gasteiger partial charge in [0.1, 0.15) is 18.3 Å². The predicted octanol–water partition coefficient (Wildman–Crippen LogP) is 3.64. The van der Waals surface area contributed by atoms with Crippen molar-refractivity contribution in [2.24, 2.45) is 29.1 Å². The fourth-order valence-electron chi connectivity index (χ4n) is 7.53. The lowest BCUT2D eigenvalue weighted by Crippen LogP contribution is -2.43. The van der Waals surface area contributed by atoms with Gasteiger partial charge in [0.05, 0.1) is 5.92 Å². The van der Waals surface area contributed by atoms with Crippen LogP contribution in [0.3, 0.4) is 0 Å². The highest BCUT2D eigenvalue weighted by atomic mass is 16.7. The number of hydrogen-bond donors (Lipinski definition) is 0. The van der Waals surface area contributed by atoms with Crippen LogP contribution in [0.4, 0.5) is 0 Å². The normalized spacial score (nSPS) is 42.1. The van der Waals surface area contributed by atoms with Crippen molar-refractivity contribution in [3.63, 3.8) is 0 Å². The van der Waals surface area contributed by atoms with E-state index in [2.05, 4.69) is 0 Å². The zero-order valence-electron chi connectivity index (χ0n) is 25.6. The highest BCUT2D eigenvalue weighted by Gasteiger charge is 2.84. The number of rotatable bonds is 5. The maximum Gasteiger partial charge on any atom is 0.333 e. The zero-order chi connectivity index (χ0) is 30.8. The van der Waals surface area contributed by atoms with Crippen LogP contribution >= 0.6 is 0 Å². The molecule has 2 saturated carbocycles. The van der Waals surface area contributed by atoms with E-state index in [1.165, 1.54) is 20.8 Å². The molecule has 3 fully saturated rings. The first kappa shape index (κ1) is 30.9. The summed E-state index contributed by atoms with van der Waals surface area (Å²) in [5.74, 6) is -4.31. The van der Waals surface area contributed by atoms with E-state index >= 15 is 0 Å². The summed E-state index contributed by atoms with van der Waals surface area (Å²) in [4.78, 5) is 64.4. The SMILES string of the molecule is C/C=C(\C)C(=O)O[C@H]1[C@H]2[C@@H]([C@@H](OC(C)=O)[C@H](C)C(=O)[C@@]34C[C@H](C)[C@H](OC(C)=O)C3(/C=C(/C)[C@H]1OC(C)=O)O4)C2(C)C. The molecule has 0 amide bonds. The maximum atomic E-state index is 14.3. The van der Waals surface area contributed by atoms with Gasteiger partial charge in [0.15, 0.2) is 23.1 Å². The summed E-state index contributed by atoms with van der Waals surface area (Å²) in [6, 6.07) is 0. The van der Waals surface area contributed by atoms with E-state index in [1.807, 2.05) is 20.8 Å². The lowest BCUT2D eigenvalue weighted by molar-refractivity contribution is -0.165. The van der Waals surface area contributed by atoms with Crippen molar-refractivity contribution in [1.29, 1.82) is 0 Å². The van der Waals surface area contributed by atoms with Gasteiger partial charge >= 0.3 is 23.9 Å². The van der Waals surface area contributed by atoms with Gasteiger partial charge in [-0.2, -0.15) is 0 Å². The van der Waals surface area contributed by atoms with E-state index in [0.29, 0.717) is 17.6 Å². The van der Waals surface area contributed by atoms with E-state index < -0.39 is 82.7 Å². The zero-order valence-corrected chi connectivity index (χ0v) is 25.6. The van der Waals surface area contributed by atoms with E-state index in [0.717, 1.165) is 0 Å². The number of ketones is 1. The molecule has 10 atom stereocenters. The third kappa shape index (κ3) is 4.91. The van der Waals surface area contributed by atoms with Gasteiger partial charge < -0.3 is 23.7 Å². The Balaban J connectivity index is 1.95. The minimum absolute atomic E-state index is 0.230. The van der Waals surface area contributed by atoms with Crippen LogP contribution in [-0.2, 0) is 47.7 Å². The quantitative estimate of drug-likeness (QED) is 0.157. The Morgan fingerprint density at radius 3 is 2.00 bits per heavy atom. The molecule has 0 aromatic rings. The van der Waals surface area contributed by atoms with Crippen LogP contribution in [0.2, 0.25) is 0 Å². The average molecular weight is 575 g/mol. The molecule has 1 unspecified atom stereocenters. The third-order valence-electron chi connectivity index (χ3n) is 9.57. The van der Waals surface area contributed by atoms with Gasteiger partial charge in [-0.25, -0.2) is 4.79 Å². The van der Waals surface area contributed by atoms with Crippen LogP contribution in [0.25, 0.3) is 0 Å². The molecule has 0 radical (unpaired) electrons. The van der Waals surface area contributed by atoms with Crippen LogP contribution < -0.4 is 0 Å². The highest BCUT2D eigenvalue weighted by molar-refractivity contribution is 5.96. The monoisotopic (exact) mass is 574 g/mol. The topological polar surface area (TPSA) is 135 Å². The summed E-state index contributed by atoms with van der Waals surface area (Å²) in [5, 5.41) is 0. The smallest absolute Gasteiger partial charge is 0.333 e. The minimum atomic E-state index is -1.32. The van der Waals surface area contributed by atoms with Crippen molar-refractivity contribution in [2.75, 3.05) is 0 Å². The number of carbonyl (C=O) groups excluding carboxylic acids is 5. The molecule has 3 aliphatic carbocycles. The molecule has 10 heteroatoms. The fraction of sp³-hybridized carbons (Fsp3) is 0.710. The number of Topliss-reactive ketones (excluding diaryl/α,β-unsaturated/α-hetero) is 1. The van der Waals surface area contributed by atoms with Gasteiger partial charge in [0.25, 0.3) is 0 Å². The van der Waals surface area contributed by atoms with Crippen LogP contribution in [0.5, 0.6) is 0 Å². The van der Waals surface area contributed by atoms with Crippen molar-refractivity contribution < 1.29 is 47.7 Å². The standard InChI is InChI=1S/C31H42O10/c1-11-14(2)28(36)40-25-22-21(29(22,9)10)24(38-19(7)33)17(5)26(35)30-13-16(4)27(39-20(8)34)31(30,41-30)12-15(3)23(25)37-18(6)32/h11-12,16-17,21-25,27H,13H2,1-10H3/b14-11+,15-12-/t16-,17-,21-,22+,23+,24-,25-,27-,30-,31?/m0/s1. The van der Waals surface area contributed by atoms with Crippen molar-refractivity contribution in [3.8, 4) is 0 Å². The molecule has 0 N–H and O–H groups in total. The van der Waals surface area contributed by atoms with Crippen molar-refractivity contribution >= 4 is 29.7 Å². The van der Waals surface area contributed by atoms with Gasteiger partial charge in [-0.05, 0) is 50.2 Å². The van der Waals surface area contributed by atoms with Gasteiger partial charge in [0, 0.05) is 38.2 Å². The fourth-order valence-corrected chi connectivity index (χ4v) is 7.53. The van der Waals surface area contributed by atoms with Crippen LogP contribution in [0.1, 0.15) is 75.7 Å². The Hall–Kier alpha value is -3.01. The molecule has 1 aliphatic heterocycles. The number of esters is 4. The van der Waals surface area contributed by atoms with E-state index in [4.69, 9.17) is 23.7 Å². The van der Waals surface area contributed by atoms with Crippen LogP contribution in [0, 0.1) is 29.1 Å². The van der Waals surface area contributed by atoms with Crippen molar-refractivity contribution in [1.82, 2.24) is 0 Å². The predicted molar refractivity (Wildman–Crippen MR) is 145 cm³/mol. The van der Waals surface area contributed by atoms with E-state index in [1.54, 1.807) is 39.8 Å². The lowest BCUT2D eigenvalue weighted by atomic mass is 9.80. The summed E-state index contributed by atoms with van der Waals surface area (Å²) in [5.41, 5.74) is -2.31. The van der Waals surface area contributed by atoms with Crippen LogP contribution in [0.15, 0.2) is 23.3 Å². The number of carbonyl (C=O) groups is 5. The number of ether oxygens (including phenoxy) is 5. The summed E-state index contributed by atoms with van der Waals surface area (Å²) < 4.78 is 29.8. The van der Waals surface area contributed by atoms with Gasteiger partial charge in [-0.1, -0.05) is 33.8 Å². The molecule has 0 aromatic carbocycles. The molecule has 1 saturated heterocycles. The molecular formula is C31H42O10. The Bertz CT molecular complexity index is 1230. The largest absolute Gasteiger partial charge is 0.461 e. The first-order valence-corrected chi connectivity index (χ1v) is 14.2. The average Bonchev–Trinajstić information content (AvgIpc) is 3.66. The van der Waals surface area contributed by atoms with Gasteiger partial charge in [-0.15, -0.1) is 0 Å². The Kier molecular flexibility index (Phi) is 7.82. The molecule has 4 rings (SSSR count). The second kappa shape index (κ2) is 10.4. The molecule has 226 valence electrons. The molecule has 0 aromatic heterocycles. The second-order valence-electron chi connectivity index (χ2n) is 12.8. The summed E-state index contributed by atoms with van der Waals surface area (Å²) >= 11 is 0. The molecule has 4 aliphatic rings. The first-order chi connectivity index (χ1) is 18.9. The van der Waals surface area contributed by atoms with Gasteiger partial charge in [0.2, 0.25) is 0 Å². The Labute approximate surface area is 241 Å². The summed E-state index contributed by atoms with van der Waals surface area (Å²) in [6.45, 7) is 16.5.